The van der Waals surface area contributed by atoms with Crippen molar-refractivity contribution in [2.75, 3.05) is 13.7 Å². The van der Waals surface area contributed by atoms with Crippen LogP contribution in [0.15, 0.2) is 36.4 Å². The van der Waals surface area contributed by atoms with Crippen molar-refractivity contribution in [3.63, 3.8) is 0 Å². The Morgan fingerprint density at radius 1 is 1.06 bits per heavy atom. The highest BCUT2D eigenvalue weighted by molar-refractivity contribution is 5.94. The Bertz CT molecular complexity index is 1070. The average molecular weight is 424 g/mol. The smallest absolute Gasteiger partial charge is 0.361 e. The molecule has 0 atom stereocenters. The van der Waals surface area contributed by atoms with Crippen LogP contribution in [-0.2, 0) is 16.8 Å². The van der Waals surface area contributed by atoms with E-state index >= 15 is 0 Å². The SMILES string of the molecule is CCOC(=O)c1n[nH]nc1-c1ccc(OC)c(COc2cc(C)ccc2C(C)(C)C)c1. The number of hydrogen-bond acceptors (Lipinski definition) is 6. The standard InChI is InChI=1S/C24H29N3O4/c1-7-30-23(28)22-21(25-27-26-22)16-9-11-19(29-6)17(13-16)14-31-20-12-15(2)8-10-18(20)24(3,4)5/h8-13H,7,14H2,1-6H3,(H,25,26,27). The number of rotatable bonds is 7. The molecule has 1 aromatic heterocycles. The molecule has 2 aromatic carbocycles. The monoisotopic (exact) mass is 423 g/mol. The van der Waals surface area contributed by atoms with E-state index < -0.39 is 5.97 Å². The van der Waals surface area contributed by atoms with Crippen LogP contribution >= 0.6 is 0 Å². The molecule has 0 saturated carbocycles. The van der Waals surface area contributed by atoms with Gasteiger partial charge >= 0.3 is 5.97 Å². The first kappa shape index (κ1) is 22.3. The van der Waals surface area contributed by atoms with Crippen molar-refractivity contribution in [3.8, 4) is 22.8 Å². The quantitative estimate of drug-likeness (QED) is 0.547. The lowest BCUT2D eigenvalue weighted by atomic mass is 9.86. The first-order valence-corrected chi connectivity index (χ1v) is 10.2. The summed E-state index contributed by atoms with van der Waals surface area (Å²) in [7, 11) is 1.62. The predicted molar refractivity (Wildman–Crippen MR) is 119 cm³/mol. The molecule has 31 heavy (non-hydrogen) atoms. The van der Waals surface area contributed by atoms with Crippen LogP contribution in [0.3, 0.4) is 0 Å². The van der Waals surface area contributed by atoms with E-state index in [1.165, 1.54) is 0 Å². The van der Waals surface area contributed by atoms with Crippen LogP contribution in [0, 0.1) is 6.92 Å². The summed E-state index contributed by atoms with van der Waals surface area (Å²) in [6.45, 7) is 10.8. The van der Waals surface area contributed by atoms with Crippen LogP contribution in [0.4, 0.5) is 0 Å². The molecule has 0 aliphatic carbocycles. The van der Waals surface area contributed by atoms with Crippen molar-refractivity contribution >= 4 is 5.97 Å². The number of nitrogens with one attached hydrogen (secondary N) is 1. The number of nitrogens with zero attached hydrogens (tertiary/aromatic N) is 2. The van der Waals surface area contributed by atoms with E-state index in [0.717, 1.165) is 28.0 Å². The van der Waals surface area contributed by atoms with Crippen LogP contribution in [0.2, 0.25) is 0 Å². The lowest BCUT2D eigenvalue weighted by Gasteiger charge is -2.23. The number of aromatic amines is 1. The number of carbonyl (C=O) groups is 1. The third-order valence-corrected chi connectivity index (χ3v) is 4.90. The number of hydrogen-bond donors (Lipinski definition) is 1. The number of aryl methyl sites for hydroxylation is 1. The Kier molecular flexibility index (Phi) is 6.63. The van der Waals surface area contributed by atoms with E-state index in [1.54, 1.807) is 14.0 Å². The van der Waals surface area contributed by atoms with Gasteiger partial charge in [-0.15, -0.1) is 5.10 Å². The average Bonchev–Trinajstić information content (AvgIpc) is 3.21. The largest absolute Gasteiger partial charge is 0.496 e. The molecule has 0 saturated heterocycles. The van der Waals surface area contributed by atoms with Crippen LogP contribution in [0.1, 0.15) is 54.9 Å². The molecule has 1 heterocycles. The van der Waals surface area contributed by atoms with Gasteiger partial charge in [0.2, 0.25) is 0 Å². The molecule has 0 aliphatic heterocycles. The molecule has 0 spiro atoms. The van der Waals surface area contributed by atoms with Gasteiger partial charge in [-0.1, -0.05) is 32.9 Å². The summed E-state index contributed by atoms with van der Waals surface area (Å²) in [5.74, 6) is 1.01. The fourth-order valence-electron chi connectivity index (χ4n) is 3.34. The van der Waals surface area contributed by atoms with E-state index in [2.05, 4.69) is 48.3 Å². The van der Waals surface area contributed by atoms with Crippen molar-refractivity contribution < 1.29 is 19.0 Å². The molecular weight excluding hydrogens is 394 g/mol. The summed E-state index contributed by atoms with van der Waals surface area (Å²) in [6.07, 6.45) is 0. The summed E-state index contributed by atoms with van der Waals surface area (Å²) < 4.78 is 16.8. The van der Waals surface area contributed by atoms with Crippen LogP contribution in [-0.4, -0.2) is 35.1 Å². The van der Waals surface area contributed by atoms with Crippen molar-refractivity contribution in [2.45, 2.75) is 46.6 Å². The van der Waals surface area contributed by atoms with Gasteiger partial charge in [0.1, 0.15) is 23.8 Å². The van der Waals surface area contributed by atoms with Gasteiger partial charge in [0.25, 0.3) is 0 Å². The van der Waals surface area contributed by atoms with Crippen LogP contribution in [0.5, 0.6) is 11.5 Å². The van der Waals surface area contributed by atoms with Crippen molar-refractivity contribution in [1.82, 2.24) is 15.4 Å². The van der Waals surface area contributed by atoms with Gasteiger partial charge in [-0.2, -0.15) is 10.3 Å². The minimum absolute atomic E-state index is 0.0514. The van der Waals surface area contributed by atoms with Crippen LogP contribution in [0.25, 0.3) is 11.3 Å². The van der Waals surface area contributed by atoms with Crippen molar-refractivity contribution in [1.29, 1.82) is 0 Å². The molecular formula is C24H29N3O4. The zero-order valence-corrected chi connectivity index (χ0v) is 18.9. The minimum atomic E-state index is -0.519. The van der Waals surface area contributed by atoms with Gasteiger partial charge in [0.15, 0.2) is 5.69 Å². The third kappa shape index (κ3) is 5.05. The molecule has 3 rings (SSSR count). The normalized spacial score (nSPS) is 11.3. The number of esters is 1. The molecule has 0 amide bonds. The minimum Gasteiger partial charge on any atom is -0.496 e. The maximum absolute atomic E-state index is 12.2. The van der Waals surface area contributed by atoms with Crippen molar-refractivity contribution in [3.05, 3.63) is 58.8 Å². The Hall–Kier alpha value is -3.35. The lowest BCUT2D eigenvalue weighted by Crippen LogP contribution is -2.13. The molecule has 3 aromatic rings. The molecule has 0 radical (unpaired) electrons. The topological polar surface area (TPSA) is 86.3 Å². The van der Waals surface area contributed by atoms with Gasteiger partial charge in [0.05, 0.1) is 13.7 Å². The lowest BCUT2D eigenvalue weighted by molar-refractivity contribution is 0.0520. The number of H-pyrrole nitrogens is 1. The van der Waals surface area contributed by atoms with Gasteiger partial charge in [-0.25, -0.2) is 4.79 Å². The second-order valence-corrected chi connectivity index (χ2v) is 8.31. The van der Waals surface area contributed by atoms with Gasteiger partial charge in [0, 0.05) is 11.1 Å². The number of carbonyl (C=O) groups excluding carboxylic acids is 1. The molecule has 0 bridgehead atoms. The van der Waals surface area contributed by atoms with E-state index in [0.29, 0.717) is 18.1 Å². The Labute approximate surface area is 182 Å². The molecule has 0 fully saturated rings. The second-order valence-electron chi connectivity index (χ2n) is 8.31. The van der Waals surface area contributed by atoms with Gasteiger partial charge < -0.3 is 14.2 Å². The first-order valence-electron chi connectivity index (χ1n) is 10.2. The fourth-order valence-corrected chi connectivity index (χ4v) is 3.34. The molecule has 1 N–H and O–H groups in total. The van der Waals surface area contributed by atoms with E-state index in [4.69, 9.17) is 14.2 Å². The zero-order chi connectivity index (χ0) is 22.6. The van der Waals surface area contributed by atoms with Crippen LogP contribution < -0.4 is 9.47 Å². The summed E-state index contributed by atoms with van der Waals surface area (Å²) in [5.41, 5.74) is 4.33. The Morgan fingerprint density at radius 2 is 1.84 bits per heavy atom. The van der Waals surface area contributed by atoms with Crippen molar-refractivity contribution in [2.24, 2.45) is 0 Å². The molecule has 0 aliphatic rings. The number of aromatic nitrogens is 3. The molecule has 164 valence electrons. The van der Waals surface area contributed by atoms with Gasteiger partial charge in [-0.05, 0) is 54.7 Å². The zero-order valence-electron chi connectivity index (χ0n) is 18.9. The summed E-state index contributed by atoms with van der Waals surface area (Å²) in [5, 5.41) is 10.6. The highest BCUT2D eigenvalue weighted by Crippen LogP contribution is 2.34. The van der Waals surface area contributed by atoms with E-state index in [-0.39, 0.29) is 17.7 Å². The highest BCUT2D eigenvalue weighted by Gasteiger charge is 2.21. The number of methoxy groups -OCH3 is 1. The Morgan fingerprint density at radius 3 is 2.52 bits per heavy atom. The maximum Gasteiger partial charge on any atom is 0.361 e. The van der Waals surface area contributed by atoms with E-state index in [9.17, 15) is 4.79 Å². The second kappa shape index (κ2) is 9.20. The maximum atomic E-state index is 12.2. The first-order chi connectivity index (χ1) is 14.7. The summed E-state index contributed by atoms with van der Waals surface area (Å²) >= 11 is 0. The van der Waals surface area contributed by atoms with E-state index in [1.807, 2.05) is 31.2 Å². The highest BCUT2D eigenvalue weighted by atomic mass is 16.5. The number of ether oxygens (including phenoxy) is 3. The third-order valence-electron chi connectivity index (χ3n) is 4.90. The predicted octanol–water partition coefficient (Wildman–Crippen LogP) is 4.84. The fraction of sp³-hybridized carbons (Fsp3) is 0.375. The molecule has 7 heteroatoms. The molecule has 7 nitrogen and oxygen atoms in total. The summed E-state index contributed by atoms with van der Waals surface area (Å²) in [6, 6.07) is 11.8. The molecule has 0 unspecified atom stereocenters. The van der Waals surface area contributed by atoms with Gasteiger partial charge in [-0.3, -0.25) is 0 Å². The number of benzene rings is 2. The Balaban J connectivity index is 1.93. The summed E-state index contributed by atoms with van der Waals surface area (Å²) in [4.78, 5) is 12.2.